The molecule has 0 bridgehead atoms. The monoisotopic (exact) mass is 249 g/mol. The molecule has 0 radical (unpaired) electrons. The average Bonchev–Trinajstić information content (AvgIpc) is 2.82. The fourth-order valence-corrected chi connectivity index (χ4v) is 1.92. The molecule has 0 spiro atoms. The molecule has 0 aliphatic heterocycles. The number of thiophene rings is 1. The molecule has 2 aromatic heterocycles. The summed E-state index contributed by atoms with van der Waals surface area (Å²) in [4.78, 5) is 8.30. The van der Waals surface area contributed by atoms with Crippen LogP contribution < -0.4 is 16.4 Å². The van der Waals surface area contributed by atoms with Crippen LogP contribution in [0.5, 0.6) is 0 Å². The lowest BCUT2D eigenvalue weighted by atomic mass is 10.3. The van der Waals surface area contributed by atoms with Gasteiger partial charge in [-0.25, -0.2) is 9.97 Å². The molecule has 1 unspecified atom stereocenters. The molecule has 0 saturated carbocycles. The van der Waals surface area contributed by atoms with Crippen molar-refractivity contribution in [1.29, 1.82) is 0 Å². The van der Waals surface area contributed by atoms with Crippen molar-refractivity contribution >= 4 is 28.0 Å². The summed E-state index contributed by atoms with van der Waals surface area (Å²) in [5.41, 5.74) is 5.55. The zero-order valence-electron chi connectivity index (χ0n) is 9.55. The minimum atomic E-state index is 0.194. The van der Waals surface area contributed by atoms with Gasteiger partial charge in [0.05, 0.1) is 5.00 Å². The van der Waals surface area contributed by atoms with Gasteiger partial charge in [0.15, 0.2) is 0 Å². The Morgan fingerprint density at radius 2 is 2.24 bits per heavy atom. The molecule has 90 valence electrons. The number of hydrogen-bond acceptors (Lipinski definition) is 6. The van der Waals surface area contributed by atoms with Crippen LogP contribution in [0.25, 0.3) is 0 Å². The van der Waals surface area contributed by atoms with Gasteiger partial charge in [-0.2, -0.15) is 0 Å². The van der Waals surface area contributed by atoms with Gasteiger partial charge in [-0.1, -0.05) is 0 Å². The number of nitrogens with zero attached hydrogens (tertiary/aromatic N) is 2. The Hall–Kier alpha value is -1.66. The molecule has 0 aliphatic rings. The molecule has 4 N–H and O–H groups in total. The van der Waals surface area contributed by atoms with Crippen molar-refractivity contribution in [2.75, 3.05) is 17.2 Å². The van der Waals surface area contributed by atoms with E-state index in [1.54, 1.807) is 11.3 Å². The van der Waals surface area contributed by atoms with E-state index in [9.17, 15) is 0 Å². The summed E-state index contributed by atoms with van der Waals surface area (Å²) in [5, 5.41) is 9.48. The molecule has 0 fully saturated rings. The van der Waals surface area contributed by atoms with Crippen molar-refractivity contribution in [3.8, 4) is 0 Å². The summed E-state index contributed by atoms with van der Waals surface area (Å²) < 4.78 is 0. The van der Waals surface area contributed by atoms with E-state index in [1.807, 2.05) is 30.5 Å². The number of nitrogens with two attached hydrogens (primary N) is 1. The van der Waals surface area contributed by atoms with E-state index >= 15 is 0 Å². The van der Waals surface area contributed by atoms with Crippen molar-refractivity contribution in [3.63, 3.8) is 0 Å². The van der Waals surface area contributed by atoms with Gasteiger partial charge in [0.1, 0.15) is 18.0 Å². The summed E-state index contributed by atoms with van der Waals surface area (Å²) >= 11 is 1.63. The predicted octanol–water partition coefficient (Wildman–Crippen LogP) is 2.04. The first kappa shape index (κ1) is 11.8. The fraction of sp³-hybridized carbons (Fsp3) is 0.273. The predicted molar refractivity (Wildman–Crippen MR) is 71.8 cm³/mol. The van der Waals surface area contributed by atoms with Gasteiger partial charge < -0.3 is 16.4 Å². The zero-order chi connectivity index (χ0) is 12.1. The molecule has 5 nitrogen and oxygen atoms in total. The molecule has 0 aromatic carbocycles. The van der Waals surface area contributed by atoms with Crippen molar-refractivity contribution in [3.05, 3.63) is 29.9 Å². The highest BCUT2D eigenvalue weighted by Crippen LogP contribution is 2.20. The Bertz CT molecular complexity index is 457. The molecule has 17 heavy (non-hydrogen) atoms. The third-order valence-corrected chi connectivity index (χ3v) is 2.97. The smallest absolute Gasteiger partial charge is 0.136 e. The van der Waals surface area contributed by atoms with Crippen LogP contribution in [0, 0.1) is 0 Å². The van der Waals surface area contributed by atoms with Crippen LogP contribution in [-0.4, -0.2) is 22.6 Å². The number of rotatable bonds is 5. The number of nitrogens with one attached hydrogen (secondary N) is 2. The van der Waals surface area contributed by atoms with Gasteiger partial charge in [-0.15, -0.1) is 11.3 Å². The van der Waals surface area contributed by atoms with Gasteiger partial charge in [-0.05, 0) is 24.4 Å². The quantitative estimate of drug-likeness (QED) is 0.756. The lowest BCUT2D eigenvalue weighted by Crippen LogP contribution is -2.25. The first-order valence-corrected chi connectivity index (χ1v) is 6.25. The molecule has 0 saturated heterocycles. The number of anilines is 3. The topological polar surface area (TPSA) is 75.9 Å². The fourth-order valence-electron chi connectivity index (χ4n) is 1.29. The van der Waals surface area contributed by atoms with E-state index < -0.39 is 0 Å². The molecule has 2 rings (SSSR count). The Morgan fingerprint density at radius 1 is 1.41 bits per heavy atom. The Morgan fingerprint density at radius 3 is 2.94 bits per heavy atom. The lowest BCUT2D eigenvalue weighted by molar-refractivity contribution is 0.797. The largest absolute Gasteiger partial charge is 0.366 e. The maximum atomic E-state index is 5.55. The van der Waals surface area contributed by atoms with E-state index in [4.69, 9.17) is 5.73 Å². The van der Waals surface area contributed by atoms with Gasteiger partial charge >= 0.3 is 0 Å². The second kappa shape index (κ2) is 5.60. The minimum absolute atomic E-state index is 0.194. The summed E-state index contributed by atoms with van der Waals surface area (Å²) in [6, 6.07) is 6.05. The van der Waals surface area contributed by atoms with Gasteiger partial charge in [-0.3, -0.25) is 0 Å². The van der Waals surface area contributed by atoms with E-state index in [1.165, 1.54) is 6.33 Å². The second-order valence-corrected chi connectivity index (χ2v) is 4.62. The zero-order valence-corrected chi connectivity index (χ0v) is 10.4. The second-order valence-electron chi connectivity index (χ2n) is 3.67. The first-order valence-electron chi connectivity index (χ1n) is 5.37. The maximum Gasteiger partial charge on any atom is 0.136 e. The Balaban J connectivity index is 2.06. The third kappa shape index (κ3) is 3.40. The molecule has 2 aromatic rings. The molecular formula is C11H15N5S. The molecule has 1 atom stereocenters. The van der Waals surface area contributed by atoms with Crippen molar-refractivity contribution in [1.82, 2.24) is 9.97 Å². The van der Waals surface area contributed by atoms with Gasteiger partial charge in [0.25, 0.3) is 0 Å². The number of aromatic nitrogens is 2. The summed E-state index contributed by atoms with van der Waals surface area (Å²) in [6.07, 6.45) is 1.53. The minimum Gasteiger partial charge on any atom is -0.366 e. The summed E-state index contributed by atoms with van der Waals surface area (Å²) in [7, 11) is 0. The number of hydrogen-bond donors (Lipinski definition) is 3. The van der Waals surface area contributed by atoms with Crippen molar-refractivity contribution in [2.24, 2.45) is 5.73 Å². The highest BCUT2D eigenvalue weighted by Gasteiger charge is 2.02. The van der Waals surface area contributed by atoms with Crippen molar-refractivity contribution in [2.45, 2.75) is 13.0 Å². The highest BCUT2D eigenvalue weighted by atomic mass is 32.1. The van der Waals surface area contributed by atoms with Crippen LogP contribution >= 0.6 is 11.3 Å². The van der Waals surface area contributed by atoms with Crippen LogP contribution in [0.15, 0.2) is 29.9 Å². The maximum absolute atomic E-state index is 5.55. The lowest BCUT2D eigenvalue weighted by Gasteiger charge is -2.12. The van der Waals surface area contributed by atoms with E-state index in [0.717, 1.165) is 16.6 Å². The van der Waals surface area contributed by atoms with E-state index in [-0.39, 0.29) is 6.04 Å². The summed E-state index contributed by atoms with van der Waals surface area (Å²) in [5.74, 6) is 1.55. The molecule has 0 aliphatic carbocycles. The van der Waals surface area contributed by atoms with E-state index in [0.29, 0.717) is 6.54 Å². The SMILES string of the molecule is CC(CN)Nc1cc(Nc2cccs2)ncn1. The standard InChI is InChI=1S/C11H15N5S/c1-8(6-12)15-9-5-10(14-7-13-9)16-11-3-2-4-17-11/h2-5,7-8H,6,12H2,1H3,(H2,13,14,15,16). The van der Waals surface area contributed by atoms with Crippen LogP contribution in [-0.2, 0) is 0 Å². The molecular weight excluding hydrogens is 234 g/mol. The molecule has 0 amide bonds. The van der Waals surface area contributed by atoms with E-state index in [2.05, 4.69) is 20.6 Å². The van der Waals surface area contributed by atoms with Gasteiger partial charge in [0, 0.05) is 18.7 Å². The Kier molecular flexibility index (Phi) is 3.89. The van der Waals surface area contributed by atoms with Crippen LogP contribution in [0.4, 0.5) is 16.6 Å². The van der Waals surface area contributed by atoms with Crippen LogP contribution in [0.3, 0.4) is 0 Å². The average molecular weight is 249 g/mol. The first-order chi connectivity index (χ1) is 8.28. The van der Waals surface area contributed by atoms with Crippen molar-refractivity contribution < 1.29 is 0 Å². The van der Waals surface area contributed by atoms with Crippen LogP contribution in [0.2, 0.25) is 0 Å². The van der Waals surface area contributed by atoms with Gasteiger partial charge in [0.2, 0.25) is 0 Å². The Labute approximate surface area is 104 Å². The molecule has 6 heteroatoms. The molecule has 2 heterocycles. The normalized spacial score (nSPS) is 12.1. The van der Waals surface area contributed by atoms with Crippen LogP contribution in [0.1, 0.15) is 6.92 Å². The summed E-state index contributed by atoms with van der Waals surface area (Å²) in [6.45, 7) is 2.58. The third-order valence-electron chi connectivity index (χ3n) is 2.19. The highest BCUT2D eigenvalue weighted by molar-refractivity contribution is 7.14.